The first-order valence-electron chi connectivity index (χ1n) is 7.94. The number of rotatable bonds is 7. The van der Waals surface area contributed by atoms with Crippen LogP contribution >= 0.6 is 11.6 Å². The molecule has 4 nitrogen and oxygen atoms in total. The van der Waals surface area contributed by atoms with Gasteiger partial charge in [0.2, 0.25) is 5.91 Å². The van der Waals surface area contributed by atoms with Gasteiger partial charge in [0.1, 0.15) is 5.75 Å². The van der Waals surface area contributed by atoms with Crippen molar-refractivity contribution < 1.29 is 9.53 Å². The van der Waals surface area contributed by atoms with Gasteiger partial charge < -0.3 is 15.0 Å². The maximum atomic E-state index is 11.6. The number of benzene rings is 2. The van der Waals surface area contributed by atoms with E-state index in [2.05, 4.69) is 11.4 Å². The van der Waals surface area contributed by atoms with Crippen molar-refractivity contribution in [2.24, 2.45) is 0 Å². The smallest absolute Gasteiger partial charge is 0.219 e. The van der Waals surface area contributed by atoms with Gasteiger partial charge in [-0.05, 0) is 42.8 Å². The lowest BCUT2D eigenvalue weighted by atomic mass is 10.1. The van der Waals surface area contributed by atoms with Crippen LogP contribution in [0.1, 0.15) is 25.0 Å². The quantitative estimate of drug-likeness (QED) is 0.811. The van der Waals surface area contributed by atoms with Crippen LogP contribution in [-0.2, 0) is 17.9 Å². The number of ether oxygens (including phenoxy) is 1. The third-order valence-corrected chi connectivity index (χ3v) is 4.09. The van der Waals surface area contributed by atoms with Crippen LogP contribution in [0.4, 0.5) is 5.69 Å². The molecule has 0 fully saturated rings. The Hall–Kier alpha value is -2.20. The SMILES string of the molecule is CCN(Cc1cccc(NCc2cc(Cl)ccc2OC)c1)C(C)=O. The van der Waals surface area contributed by atoms with E-state index in [-0.39, 0.29) is 5.91 Å². The van der Waals surface area contributed by atoms with Gasteiger partial charge in [-0.2, -0.15) is 0 Å². The third kappa shape index (κ3) is 4.90. The second-order valence-corrected chi connectivity index (χ2v) is 5.98. The Kier molecular flexibility index (Phi) is 6.50. The molecular weight excluding hydrogens is 324 g/mol. The van der Waals surface area contributed by atoms with Crippen molar-refractivity contribution >= 4 is 23.2 Å². The zero-order valence-corrected chi connectivity index (χ0v) is 15.1. The zero-order valence-electron chi connectivity index (χ0n) is 14.3. The highest BCUT2D eigenvalue weighted by Gasteiger charge is 2.08. The number of anilines is 1. The van der Waals surface area contributed by atoms with Crippen molar-refractivity contribution in [3.63, 3.8) is 0 Å². The molecule has 1 N–H and O–H groups in total. The fourth-order valence-electron chi connectivity index (χ4n) is 2.53. The third-order valence-electron chi connectivity index (χ3n) is 3.85. The molecule has 1 amide bonds. The summed E-state index contributed by atoms with van der Waals surface area (Å²) in [6.07, 6.45) is 0. The Labute approximate surface area is 148 Å². The zero-order chi connectivity index (χ0) is 17.5. The number of halogens is 1. The molecule has 128 valence electrons. The van der Waals surface area contributed by atoms with Gasteiger partial charge in [-0.15, -0.1) is 0 Å². The van der Waals surface area contributed by atoms with Crippen LogP contribution in [0.3, 0.4) is 0 Å². The van der Waals surface area contributed by atoms with Crippen LogP contribution in [0.15, 0.2) is 42.5 Å². The highest BCUT2D eigenvalue weighted by atomic mass is 35.5. The second-order valence-electron chi connectivity index (χ2n) is 5.54. The standard InChI is InChI=1S/C19H23ClN2O2/c1-4-22(14(2)23)13-15-6-5-7-18(10-15)21-12-16-11-17(20)8-9-19(16)24-3/h5-11,21H,4,12-13H2,1-3H3. The van der Waals surface area contributed by atoms with Gasteiger partial charge in [-0.25, -0.2) is 0 Å². The Bertz CT molecular complexity index is 704. The molecular formula is C19H23ClN2O2. The molecule has 2 aromatic rings. The summed E-state index contributed by atoms with van der Waals surface area (Å²) in [7, 11) is 1.65. The number of hydrogen-bond donors (Lipinski definition) is 1. The number of carbonyl (C=O) groups excluding carboxylic acids is 1. The molecule has 0 heterocycles. The Morgan fingerprint density at radius 3 is 2.71 bits per heavy atom. The number of methoxy groups -OCH3 is 1. The molecule has 0 radical (unpaired) electrons. The Balaban J connectivity index is 2.07. The van der Waals surface area contributed by atoms with Crippen LogP contribution in [0.2, 0.25) is 5.02 Å². The molecule has 0 aliphatic rings. The average Bonchev–Trinajstić information content (AvgIpc) is 2.58. The maximum Gasteiger partial charge on any atom is 0.219 e. The molecule has 0 aliphatic carbocycles. The molecule has 0 atom stereocenters. The van der Waals surface area contributed by atoms with Crippen molar-refractivity contribution in [3.05, 3.63) is 58.6 Å². The van der Waals surface area contributed by atoms with Crippen molar-refractivity contribution in [2.45, 2.75) is 26.9 Å². The molecule has 0 bridgehead atoms. The molecule has 5 heteroatoms. The van der Waals surface area contributed by atoms with Crippen LogP contribution in [0, 0.1) is 0 Å². The van der Waals surface area contributed by atoms with E-state index in [4.69, 9.17) is 16.3 Å². The molecule has 2 rings (SSSR count). The van der Waals surface area contributed by atoms with Crippen LogP contribution < -0.4 is 10.1 Å². The van der Waals surface area contributed by atoms with Gasteiger partial charge in [0, 0.05) is 42.8 Å². The Morgan fingerprint density at radius 2 is 2.04 bits per heavy atom. The van der Waals surface area contributed by atoms with E-state index in [1.54, 1.807) is 18.9 Å². The van der Waals surface area contributed by atoms with Gasteiger partial charge in [0.25, 0.3) is 0 Å². The lowest BCUT2D eigenvalue weighted by molar-refractivity contribution is -0.129. The van der Waals surface area contributed by atoms with E-state index in [0.29, 0.717) is 24.7 Å². The molecule has 0 aromatic heterocycles. The van der Waals surface area contributed by atoms with Gasteiger partial charge in [0.05, 0.1) is 7.11 Å². The highest BCUT2D eigenvalue weighted by Crippen LogP contribution is 2.24. The molecule has 24 heavy (non-hydrogen) atoms. The van der Waals surface area contributed by atoms with Gasteiger partial charge >= 0.3 is 0 Å². The topological polar surface area (TPSA) is 41.6 Å². The van der Waals surface area contributed by atoms with Crippen LogP contribution in [-0.4, -0.2) is 24.5 Å². The number of amides is 1. The monoisotopic (exact) mass is 346 g/mol. The van der Waals surface area contributed by atoms with Crippen LogP contribution in [0.5, 0.6) is 5.75 Å². The first-order chi connectivity index (χ1) is 11.5. The van der Waals surface area contributed by atoms with Gasteiger partial charge in [0.15, 0.2) is 0 Å². The van der Waals surface area contributed by atoms with E-state index < -0.39 is 0 Å². The summed E-state index contributed by atoms with van der Waals surface area (Å²) in [6, 6.07) is 13.6. The minimum absolute atomic E-state index is 0.0829. The minimum Gasteiger partial charge on any atom is -0.496 e. The highest BCUT2D eigenvalue weighted by molar-refractivity contribution is 6.30. The number of nitrogens with one attached hydrogen (secondary N) is 1. The molecule has 0 aliphatic heterocycles. The number of carbonyl (C=O) groups is 1. The largest absolute Gasteiger partial charge is 0.496 e. The second kappa shape index (κ2) is 8.60. The van der Waals surface area contributed by atoms with E-state index in [9.17, 15) is 4.79 Å². The predicted octanol–water partition coefficient (Wildman–Crippen LogP) is 4.33. The summed E-state index contributed by atoms with van der Waals surface area (Å²) in [4.78, 5) is 13.4. The van der Waals surface area contributed by atoms with E-state index in [1.807, 2.05) is 43.3 Å². The molecule has 0 saturated heterocycles. The lowest BCUT2D eigenvalue weighted by Crippen LogP contribution is -2.27. The van der Waals surface area contributed by atoms with Crippen molar-refractivity contribution in [1.29, 1.82) is 0 Å². The fourth-order valence-corrected chi connectivity index (χ4v) is 2.72. The van der Waals surface area contributed by atoms with Gasteiger partial charge in [-0.3, -0.25) is 4.79 Å². The molecule has 0 spiro atoms. The maximum absolute atomic E-state index is 11.6. The normalized spacial score (nSPS) is 10.3. The predicted molar refractivity (Wildman–Crippen MR) is 98.5 cm³/mol. The van der Waals surface area contributed by atoms with E-state index in [0.717, 1.165) is 22.6 Å². The Morgan fingerprint density at radius 1 is 1.25 bits per heavy atom. The van der Waals surface area contributed by atoms with Crippen molar-refractivity contribution in [1.82, 2.24) is 4.90 Å². The fraction of sp³-hybridized carbons (Fsp3) is 0.316. The summed E-state index contributed by atoms with van der Waals surface area (Å²) >= 11 is 6.06. The number of hydrogen-bond acceptors (Lipinski definition) is 3. The van der Waals surface area contributed by atoms with E-state index in [1.165, 1.54) is 0 Å². The molecule has 0 saturated carbocycles. The molecule has 0 unspecified atom stereocenters. The number of nitrogens with zero attached hydrogens (tertiary/aromatic N) is 1. The van der Waals surface area contributed by atoms with E-state index >= 15 is 0 Å². The molecule has 2 aromatic carbocycles. The first kappa shape index (κ1) is 18.1. The van der Waals surface area contributed by atoms with Crippen LogP contribution in [0.25, 0.3) is 0 Å². The van der Waals surface area contributed by atoms with Crippen molar-refractivity contribution in [2.75, 3.05) is 19.0 Å². The minimum atomic E-state index is 0.0829. The summed E-state index contributed by atoms with van der Waals surface area (Å²) in [5, 5.41) is 4.06. The summed E-state index contributed by atoms with van der Waals surface area (Å²) in [6.45, 7) is 5.50. The first-order valence-corrected chi connectivity index (χ1v) is 8.32. The average molecular weight is 347 g/mol. The summed E-state index contributed by atoms with van der Waals surface area (Å²) in [5.74, 6) is 0.885. The summed E-state index contributed by atoms with van der Waals surface area (Å²) in [5.41, 5.74) is 3.08. The van der Waals surface area contributed by atoms with Gasteiger partial charge in [-0.1, -0.05) is 23.7 Å². The lowest BCUT2D eigenvalue weighted by Gasteiger charge is -2.19. The summed E-state index contributed by atoms with van der Waals surface area (Å²) < 4.78 is 5.36. The van der Waals surface area contributed by atoms with Crippen molar-refractivity contribution in [3.8, 4) is 5.75 Å².